The van der Waals surface area contributed by atoms with Crippen molar-refractivity contribution in [1.29, 1.82) is 0 Å². The van der Waals surface area contributed by atoms with Gasteiger partial charge in [0.25, 0.3) is 0 Å². The molecule has 0 radical (unpaired) electrons. The summed E-state index contributed by atoms with van der Waals surface area (Å²) in [4.78, 5) is 10.6. The molecule has 1 fully saturated rings. The van der Waals surface area contributed by atoms with Gasteiger partial charge in [-0.15, -0.1) is 0 Å². The minimum absolute atomic E-state index is 0.407. The zero-order valence-electron chi connectivity index (χ0n) is 11.4. The Bertz CT molecular complexity index is 417. The van der Waals surface area contributed by atoms with Crippen LogP contribution in [0.2, 0.25) is 0 Å². The van der Waals surface area contributed by atoms with Crippen molar-refractivity contribution in [3.63, 3.8) is 0 Å². The molecule has 2 rings (SSSR count). The van der Waals surface area contributed by atoms with E-state index in [1.807, 2.05) is 0 Å². The van der Waals surface area contributed by atoms with Crippen molar-refractivity contribution in [3.8, 4) is 5.88 Å². The minimum atomic E-state index is 0.407. The number of nitrogen functional groups attached to an aromatic ring is 1. The molecule has 1 aliphatic heterocycles. The molecule has 1 aliphatic rings. The zero-order valence-corrected chi connectivity index (χ0v) is 11.4. The van der Waals surface area contributed by atoms with E-state index in [1.54, 1.807) is 7.11 Å². The van der Waals surface area contributed by atoms with Crippen molar-refractivity contribution in [2.24, 2.45) is 5.41 Å². The van der Waals surface area contributed by atoms with Crippen LogP contribution in [0, 0.1) is 5.41 Å². The van der Waals surface area contributed by atoms with Crippen molar-refractivity contribution >= 4 is 11.5 Å². The highest BCUT2D eigenvalue weighted by molar-refractivity contribution is 5.68. The molecule has 100 valence electrons. The highest BCUT2D eigenvalue weighted by Crippen LogP contribution is 2.40. The Morgan fingerprint density at radius 2 is 2.11 bits per heavy atom. The Morgan fingerprint density at radius 3 is 2.67 bits per heavy atom. The Labute approximate surface area is 108 Å². The van der Waals surface area contributed by atoms with E-state index in [1.165, 1.54) is 25.6 Å². The lowest BCUT2D eigenvalue weighted by Gasteiger charge is -2.27. The van der Waals surface area contributed by atoms with Crippen LogP contribution in [0.25, 0.3) is 0 Å². The molecule has 1 saturated heterocycles. The molecule has 1 aromatic heterocycles. The summed E-state index contributed by atoms with van der Waals surface area (Å²) in [7, 11) is 1.58. The smallest absolute Gasteiger partial charge is 0.242 e. The molecule has 1 aromatic rings. The predicted octanol–water partition coefficient (Wildman–Crippen LogP) is 2.08. The molecule has 2 N–H and O–H groups in total. The van der Waals surface area contributed by atoms with Crippen LogP contribution in [0.15, 0.2) is 6.33 Å². The Morgan fingerprint density at radius 1 is 1.39 bits per heavy atom. The van der Waals surface area contributed by atoms with Gasteiger partial charge in [0.2, 0.25) is 5.88 Å². The highest BCUT2D eigenvalue weighted by Gasteiger charge is 2.36. The van der Waals surface area contributed by atoms with E-state index in [4.69, 9.17) is 10.5 Å². The van der Waals surface area contributed by atoms with E-state index in [2.05, 4.69) is 28.7 Å². The van der Waals surface area contributed by atoms with Crippen LogP contribution in [0.5, 0.6) is 5.88 Å². The maximum atomic E-state index is 6.05. The Hall–Kier alpha value is -1.52. The van der Waals surface area contributed by atoms with Gasteiger partial charge < -0.3 is 15.4 Å². The molecule has 0 amide bonds. The number of hydrogen-bond donors (Lipinski definition) is 1. The third-order valence-electron chi connectivity index (χ3n) is 4.26. The molecule has 0 atom stereocenters. The molecule has 5 heteroatoms. The number of aromatic nitrogens is 2. The van der Waals surface area contributed by atoms with Crippen LogP contribution in [-0.4, -0.2) is 30.2 Å². The number of rotatable bonds is 4. The van der Waals surface area contributed by atoms with E-state index in [0.29, 0.717) is 17.0 Å². The molecular weight excluding hydrogens is 228 g/mol. The number of ether oxygens (including phenoxy) is 1. The molecule has 2 heterocycles. The van der Waals surface area contributed by atoms with E-state index >= 15 is 0 Å². The van der Waals surface area contributed by atoms with E-state index < -0.39 is 0 Å². The van der Waals surface area contributed by atoms with Crippen molar-refractivity contribution in [2.45, 2.75) is 33.1 Å². The Balaban J connectivity index is 2.24. The summed E-state index contributed by atoms with van der Waals surface area (Å²) in [6, 6.07) is 0. The third-order valence-corrected chi connectivity index (χ3v) is 4.26. The van der Waals surface area contributed by atoms with Gasteiger partial charge in [0.15, 0.2) is 5.82 Å². The number of nitrogens with two attached hydrogens (primary N) is 1. The molecule has 18 heavy (non-hydrogen) atoms. The maximum Gasteiger partial charge on any atom is 0.242 e. The van der Waals surface area contributed by atoms with Gasteiger partial charge in [0, 0.05) is 13.1 Å². The highest BCUT2D eigenvalue weighted by atomic mass is 16.5. The van der Waals surface area contributed by atoms with Crippen LogP contribution >= 0.6 is 0 Å². The lowest BCUT2D eigenvalue weighted by atomic mass is 9.82. The minimum Gasteiger partial charge on any atom is -0.479 e. The summed E-state index contributed by atoms with van der Waals surface area (Å²) in [6.07, 6.45) is 5.11. The van der Waals surface area contributed by atoms with Crippen LogP contribution in [0.1, 0.15) is 33.1 Å². The van der Waals surface area contributed by atoms with Gasteiger partial charge in [-0.3, -0.25) is 0 Å². The third kappa shape index (κ3) is 2.09. The summed E-state index contributed by atoms with van der Waals surface area (Å²) in [5.41, 5.74) is 7.01. The van der Waals surface area contributed by atoms with Gasteiger partial charge in [-0.1, -0.05) is 13.8 Å². The Kier molecular flexibility index (Phi) is 3.59. The van der Waals surface area contributed by atoms with Crippen LogP contribution < -0.4 is 15.4 Å². The second-order valence-electron chi connectivity index (χ2n) is 5.00. The van der Waals surface area contributed by atoms with Gasteiger partial charge in [-0.25, -0.2) is 4.98 Å². The number of methoxy groups -OCH3 is 1. The van der Waals surface area contributed by atoms with E-state index in [-0.39, 0.29) is 0 Å². The summed E-state index contributed by atoms with van der Waals surface area (Å²) in [6.45, 7) is 6.55. The van der Waals surface area contributed by atoms with Crippen molar-refractivity contribution in [1.82, 2.24) is 9.97 Å². The van der Waals surface area contributed by atoms with Crippen molar-refractivity contribution in [3.05, 3.63) is 6.33 Å². The van der Waals surface area contributed by atoms with Crippen molar-refractivity contribution < 1.29 is 4.74 Å². The van der Waals surface area contributed by atoms with Crippen LogP contribution in [-0.2, 0) is 0 Å². The van der Waals surface area contributed by atoms with Gasteiger partial charge >= 0.3 is 0 Å². The SMILES string of the molecule is CCC1(CC)CCN(c2ncnc(OC)c2N)C1. The first-order valence-corrected chi connectivity index (χ1v) is 6.55. The van der Waals surface area contributed by atoms with Crippen LogP contribution in [0.3, 0.4) is 0 Å². The quantitative estimate of drug-likeness (QED) is 0.886. The van der Waals surface area contributed by atoms with Gasteiger partial charge in [0.05, 0.1) is 7.11 Å². The predicted molar refractivity (Wildman–Crippen MR) is 72.8 cm³/mol. The molecule has 0 aromatic carbocycles. The summed E-state index contributed by atoms with van der Waals surface area (Å²) in [5, 5.41) is 0. The largest absolute Gasteiger partial charge is 0.479 e. The standard InChI is InChI=1S/C13H22N4O/c1-4-13(5-2)6-7-17(8-13)11-10(14)12(18-3)16-9-15-11/h9H,4-8,14H2,1-3H3. The molecule has 0 unspecified atom stereocenters. The van der Waals surface area contributed by atoms with Crippen LogP contribution in [0.4, 0.5) is 11.5 Å². The average Bonchev–Trinajstić information content (AvgIpc) is 2.84. The molecule has 0 aliphatic carbocycles. The number of hydrogen-bond acceptors (Lipinski definition) is 5. The fraction of sp³-hybridized carbons (Fsp3) is 0.692. The molecular formula is C13H22N4O. The normalized spacial score (nSPS) is 18.1. The van der Waals surface area contributed by atoms with E-state index in [0.717, 1.165) is 18.9 Å². The summed E-state index contributed by atoms with van der Waals surface area (Å²) in [5.74, 6) is 1.27. The zero-order chi connectivity index (χ0) is 13.2. The first-order chi connectivity index (χ1) is 8.65. The topological polar surface area (TPSA) is 64.3 Å². The van der Waals surface area contributed by atoms with Gasteiger partial charge in [-0.2, -0.15) is 4.98 Å². The lowest BCUT2D eigenvalue weighted by molar-refractivity contribution is 0.301. The first-order valence-electron chi connectivity index (χ1n) is 6.55. The molecule has 0 bridgehead atoms. The van der Waals surface area contributed by atoms with E-state index in [9.17, 15) is 0 Å². The monoisotopic (exact) mass is 250 g/mol. The number of nitrogens with zero attached hydrogens (tertiary/aromatic N) is 3. The van der Waals surface area contributed by atoms with Crippen molar-refractivity contribution in [2.75, 3.05) is 30.8 Å². The molecule has 0 spiro atoms. The average molecular weight is 250 g/mol. The number of anilines is 2. The molecule has 0 saturated carbocycles. The lowest BCUT2D eigenvalue weighted by Crippen LogP contribution is -2.27. The fourth-order valence-corrected chi connectivity index (χ4v) is 2.73. The summed E-state index contributed by atoms with van der Waals surface area (Å²) < 4.78 is 5.15. The second kappa shape index (κ2) is 5.00. The first kappa shape index (κ1) is 12.9. The summed E-state index contributed by atoms with van der Waals surface area (Å²) >= 11 is 0. The second-order valence-corrected chi connectivity index (χ2v) is 5.00. The van der Waals surface area contributed by atoms with Gasteiger partial charge in [-0.05, 0) is 24.7 Å². The van der Waals surface area contributed by atoms with Gasteiger partial charge in [0.1, 0.15) is 12.0 Å². The fourth-order valence-electron chi connectivity index (χ4n) is 2.73. The molecule has 5 nitrogen and oxygen atoms in total. The maximum absolute atomic E-state index is 6.05.